The molecule has 0 aromatic carbocycles. The van der Waals surface area contributed by atoms with E-state index in [4.69, 9.17) is 5.11 Å². The summed E-state index contributed by atoms with van der Waals surface area (Å²) in [4.78, 5) is 10.5. The Morgan fingerprint density at radius 2 is 2.36 bits per heavy atom. The Kier molecular flexibility index (Phi) is 2.13. The molecule has 0 heterocycles. The molecule has 0 saturated carbocycles. The molecule has 0 radical (unpaired) electrons. The number of allylic oxidation sites excluding steroid dienone is 2. The van der Waals surface area contributed by atoms with Gasteiger partial charge >= 0.3 is 5.97 Å². The van der Waals surface area contributed by atoms with Crippen molar-refractivity contribution in [3.8, 4) is 0 Å². The lowest BCUT2D eigenvalue weighted by Crippen LogP contribution is -2.30. The van der Waals surface area contributed by atoms with Gasteiger partial charge in [-0.3, -0.25) is 4.79 Å². The van der Waals surface area contributed by atoms with Gasteiger partial charge in [0.15, 0.2) is 0 Å². The van der Waals surface area contributed by atoms with Crippen molar-refractivity contribution in [3.63, 3.8) is 0 Å². The SMILES string of the molecule is C=CC(C)[C@@H]1C=C[C@H]1C(=O)O. The third-order valence-electron chi connectivity index (χ3n) is 2.22. The smallest absolute Gasteiger partial charge is 0.310 e. The highest BCUT2D eigenvalue weighted by molar-refractivity contribution is 5.74. The fraction of sp³-hybridized carbons (Fsp3) is 0.444. The first kappa shape index (κ1) is 8.05. The maximum atomic E-state index is 10.5. The van der Waals surface area contributed by atoms with Crippen molar-refractivity contribution in [2.24, 2.45) is 17.8 Å². The maximum Gasteiger partial charge on any atom is 0.310 e. The van der Waals surface area contributed by atoms with Crippen molar-refractivity contribution in [1.29, 1.82) is 0 Å². The van der Waals surface area contributed by atoms with E-state index in [1.54, 1.807) is 12.2 Å². The van der Waals surface area contributed by atoms with Crippen molar-refractivity contribution >= 4 is 5.97 Å². The number of hydrogen-bond donors (Lipinski definition) is 1. The molecule has 0 aromatic rings. The molecule has 1 rings (SSSR count). The van der Waals surface area contributed by atoms with E-state index >= 15 is 0 Å². The zero-order valence-corrected chi connectivity index (χ0v) is 6.53. The molecule has 2 nitrogen and oxygen atoms in total. The summed E-state index contributed by atoms with van der Waals surface area (Å²) >= 11 is 0. The predicted octanol–water partition coefficient (Wildman–Crippen LogP) is 1.70. The van der Waals surface area contributed by atoms with Gasteiger partial charge in [-0.15, -0.1) is 6.58 Å². The molecule has 11 heavy (non-hydrogen) atoms. The van der Waals surface area contributed by atoms with Gasteiger partial charge in [0, 0.05) is 0 Å². The van der Waals surface area contributed by atoms with Crippen LogP contribution in [0.25, 0.3) is 0 Å². The molecule has 0 aromatic heterocycles. The summed E-state index contributed by atoms with van der Waals surface area (Å²) in [6, 6.07) is 0. The zero-order valence-electron chi connectivity index (χ0n) is 6.53. The Bertz CT molecular complexity index is 206. The maximum absolute atomic E-state index is 10.5. The third-order valence-corrected chi connectivity index (χ3v) is 2.22. The van der Waals surface area contributed by atoms with E-state index in [-0.39, 0.29) is 17.8 Å². The monoisotopic (exact) mass is 152 g/mol. The second-order valence-electron chi connectivity index (χ2n) is 2.92. The first-order chi connectivity index (χ1) is 5.16. The molecule has 0 spiro atoms. The molecule has 1 aliphatic carbocycles. The Balaban J connectivity index is 2.58. The summed E-state index contributed by atoms with van der Waals surface area (Å²) < 4.78 is 0. The van der Waals surface area contributed by atoms with Crippen molar-refractivity contribution in [1.82, 2.24) is 0 Å². The summed E-state index contributed by atoms with van der Waals surface area (Å²) in [6.07, 6.45) is 5.46. The van der Waals surface area contributed by atoms with Gasteiger partial charge in [-0.1, -0.05) is 25.2 Å². The van der Waals surface area contributed by atoms with Crippen molar-refractivity contribution in [2.45, 2.75) is 6.92 Å². The van der Waals surface area contributed by atoms with Gasteiger partial charge < -0.3 is 5.11 Å². The minimum absolute atomic E-state index is 0.157. The number of carbonyl (C=O) groups is 1. The van der Waals surface area contributed by atoms with Crippen LogP contribution in [0, 0.1) is 17.8 Å². The molecule has 2 heteroatoms. The van der Waals surface area contributed by atoms with Crippen molar-refractivity contribution in [3.05, 3.63) is 24.8 Å². The lowest BCUT2D eigenvalue weighted by atomic mass is 9.74. The van der Waals surface area contributed by atoms with Gasteiger partial charge in [0.1, 0.15) is 0 Å². The van der Waals surface area contributed by atoms with Crippen LogP contribution in [-0.4, -0.2) is 11.1 Å². The molecular formula is C9H12O2. The van der Waals surface area contributed by atoms with Gasteiger partial charge in [0.25, 0.3) is 0 Å². The molecule has 0 aliphatic heterocycles. The average molecular weight is 152 g/mol. The fourth-order valence-electron chi connectivity index (χ4n) is 1.26. The fourth-order valence-corrected chi connectivity index (χ4v) is 1.26. The summed E-state index contributed by atoms with van der Waals surface area (Å²) in [5, 5.41) is 8.66. The Morgan fingerprint density at radius 1 is 1.73 bits per heavy atom. The van der Waals surface area contributed by atoms with Gasteiger partial charge in [-0.2, -0.15) is 0 Å². The van der Waals surface area contributed by atoms with Crippen molar-refractivity contribution in [2.75, 3.05) is 0 Å². The Labute approximate surface area is 66.2 Å². The van der Waals surface area contributed by atoms with Crippen LogP contribution in [0.2, 0.25) is 0 Å². The van der Waals surface area contributed by atoms with Crippen LogP contribution in [0.4, 0.5) is 0 Å². The largest absolute Gasteiger partial charge is 0.481 e. The average Bonchev–Trinajstić information content (AvgIpc) is 1.83. The lowest BCUT2D eigenvalue weighted by molar-refractivity contribution is -0.142. The highest BCUT2D eigenvalue weighted by Gasteiger charge is 2.32. The normalized spacial score (nSPS) is 30.6. The lowest BCUT2D eigenvalue weighted by Gasteiger charge is -2.29. The van der Waals surface area contributed by atoms with E-state index in [1.165, 1.54) is 0 Å². The van der Waals surface area contributed by atoms with E-state index in [2.05, 4.69) is 6.58 Å². The van der Waals surface area contributed by atoms with Gasteiger partial charge in [-0.05, 0) is 11.8 Å². The minimum Gasteiger partial charge on any atom is -0.481 e. The zero-order chi connectivity index (χ0) is 8.43. The highest BCUT2D eigenvalue weighted by atomic mass is 16.4. The first-order valence-electron chi connectivity index (χ1n) is 3.70. The molecule has 3 atom stereocenters. The summed E-state index contributed by atoms with van der Waals surface area (Å²) in [7, 11) is 0. The van der Waals surface area contributed by atoms with E-state index in [1.807, 2.05) is 13.0 Å². The minimum atomic E-state index is -0.730. The Morgan fingerprint density at radius 3 is 2.64 bits per heavy atom. The van der Waals surface area contributed by atoms with Crippen molar-refractivity contribution < 1.29 is 9.90 Å². The molecule has 1 unspecified atom stereocenters. The van der Waals surface area contributed by atoms with E-state index in [0.29, 0.717) is 0 Å². The van der Waals surface area contributed by atoms with Crippen LogP contribution in [0.5, 0.6) is 0 Å². The van der Waals surface area contributed by atoms with Gasteiger partial charge in [0.2, 0.25) is 0 Å². The predicted molar refractivity (Wildman–Crippen MR) is 43.1 cm³/mol. The van der Waals surface area contributed by atoms with Gasteiger partial charge in [0.05, 0.1) is 5.92 Å². The number of hydrogen-bond acceptors (Lipinski definition) is 1. The Hall–Kier alpha value is -1.05. The summed E-state index contributed by atoms with van der Waals surface area (Å²) in [5.74, 6) is -0.597. The second kappa shape index (κ2) is 2.91. The molecule has 0 fully saturated rings. The van der Waals surface area contributed by atoms with Crippen LogP contribution >= 0.6 is 0 Å². The molecule has 60 valence electrons. The molecule has 0 saturated heterocycles. The first-order valence-corrected chi connectivity index (χ1v) is 3.70. The quantitative estimate of drug-likeness (QED) is 0.625. The highest BCUT2D eigenvalue weighted by Crippen LogP contribution is 2.32. The summed E-state index contributed by atoms with van der Waals surface area (Å²) in [5.41, 5.74) is 0. The number of carboxylic acid groups (broad SMARTS) is 1. The topological polar surface area (TPSA) is 37.3 Å². The van der Waals surface area contributed by atoms with Crippen LogP contribution in [-0.2, 0) is 4.79 Å². The number of aliphatic carboxylic acids is 1. The van der Waals surface area contributed by atoms with Crippen LogP contribution in [0.15, 0.2) is 24.8 Å². The number of carboxylic acids is 1. The molecule has 1 N–H and O–H groups in total. The molecule has 0 amide bonds. The third kappa shape index (κ3) is 1.34. The van der Waals surface area contributed by atoms with Crippen LogP contribution < -0.4 is 0 Å². The van der Waals surface area contributed by atoms with E-state index in [0.717, 1.165) is 0 Å². The molecule has 1 aliphatic rings. The van der Waals surface area contributed by atoms with Crippen LogP contribution in [0.3, 0.4) is 0 Å². The van der Waals surface area contributed by atoms with E-state index < -0.39 is 5.97 Å². The summed E-state index contributed by atoms with van der Waals surface area (Å²) in [6.45, 7) is 5.61. The number of rotatable bonds is 3. The molecule has 0 bridgehead atoms. The van der Waals surface area contributed by atoms with Crippen LogP contribution in [0.1, 0.15) is 6.92 Å². The van der Waals surface area contributed by atoms with Gasteiger partial charge in [-0.25, -0.2) is 0 Å². The standard InChI is InChI=1S/C9H12O2/c1-3-6(2)7-4-5-8(7)9(10)11/h3-8H,1H2,2H3,(H,10,11)/t6?,7-,8+/m0/s1. The second-order valence-corrected chi connectivity index (χ2v) is 2.92. The molecular weight excluding hydrogens is 140 g/mol. The van der Waals surface area contributed by atoms with E-state index in [9.17, 15) is 4.79 Å².